The van der Waals surface area contributed by atoms with Gasteiger partial charge in [0, 0.05) is 24.8 Å². The molecule has 1 aromatic carbocycles. The Labute approximate surface area is 250 Å². The molecular weight excluding hydrogens is 554 g/mol. The van der Waals surface area contributed by atoms with Crippen molar-refractivity contribution < 1.29 is 17.1 Å². The van der Waals surface area contributed by atoms with Crippen LogP contribution in [0.5, 0.6) is 0 Å². The summed E-state index contributed by atoms with van der Waals surface area (Å²) in [6, 6.07) is 14.4. The quantitative estimate of drug-likeness (QED) is 0.167. The third-order valence-corrected chi connectivity index (χ3v) is 12.0. The van der Waals surface area contributed by atoms with Crippen LogP contribution in [-0.4, -0.2) is 26.4 Å². The predicted octanol–water partition coefficient (Wildman–Crippen LogP) is 9.44. The monoisotopic (exact) mass is 596 g/mol. The maximum Gasteiger partial charge on any atom is 2.00 e. The second-order valence-corrected chi connectivity index (χ2v) is 16.7. The number of aromatic nitrogens is 2. The van der Waals surface area contributed by atoms with E-state index in [1.54, 1.807) is 0 Å². The minimum atomic E-state index is -0.320. The average molecular weight is 597 g/mol. The normalized spacial score (nSPS) is 17.2. The summed E-state index contributed by atoms with van der Waals surface area (Å²) in [6.45, 7) is 14.5. The van der Waals surface area contributed by atoms with Crippen molar-refractivity contribution in [3.63, 3.8) is 0 Å². The Kier molecular flexibility index (Phi) is 10.5. The van der Waals surface area contributed by atoms with Crippen molar-refractivity contribution in [1.29, 1.82) is 0 Å². The molecule has 0 amide bonds. The molecule has 0 spiro atoms. The van der Waals surface area contributed by atoms with Gasteiger partial charge in [-0.3, -0.25) is 0 Å². The Morgan fingerprint density at radius 2 is 1.44 bits per heavy atom. The molecule has 0 fully saturated rings. The van der Waals surface area contributed by atoms with Gasteiger partial charge in [-0.2, -0.15) is 18.2 Å². The van der Waals surface area contributed by atoms with Crippen LogP contribution >= 0.6 is 17.2 Å². The smallest absolute Gasteiger partial charge is 0.367 e. The van der Waals surface area contributed by atoms with Gasteiger partial charge in [-0.15, -0.1) is 45.5 Å². The van der Waals surface area contributed by atoms with E-state index < -0.39 is 0 Å². The van der Waals surface area contributed by atoms with Gasteiger partial charge in [-0.25, -0.2) is 12.1 Å². The minimum absolute atomic E-state index is 0. The summed E-state index contributed by atoms with van der Waals surface area (Å²) in [6.07, 6.45) is 25.1. The molecular formula is C34H42FeN2P2. The van der Waals surface area contributed by atoms with Gasteiger partial charge in [0.1, 0.15) is 0 Å². The van der Waals surface area contributed by atoms with Crippen LogP contribution in [0.2, 0.25) is 0 Å². The summed E-state index contributed by atoms with van der Waals surface area (Å²) in [7, 11) is 2.94. The van der Waals surface area contributed by atoms with Crippen LogP contribution < -0.4 is 0 Å². The van der Waals surface area contributed by atoms with E-state index in [4.69, 9.17) is 0 Å². The number of nitrogens with one attached hydrogen (secondary N) is 2. The Morgan fingerprint density at radius 3 is 1.85 bits per heavy atom. The molecule has 0 radical (unpaired) electrons. The van der Waals surface area contributed by atoms with Crippen LogP contribution in [0.1, 0.15) is 52.7 Å². The maximum absolute atomic E-state index is 3.29. The zero-order valence-corrected chi connectivity index (χ0v) is 27.1. The molecule has 0 aliphatic heterocycles. The summed E-state index contributed by atoms with van der Waals surface area (Å²) in [5.41, 5.74) is 7.94. The zero-order valence-electron chi connectivity index (χ0n) is 24.0. The fraction of sp³-hybridized carbons (Fsp3) is 0.294. The van der Waals surface area contributed by atoms with E-state index in [1.165, 1.54) is 33.4 Å². The number of aromatic amines is 2. The molecule has 2 N–H and O–H groups in total. The van der Waals surface area contributed by atoms with Gasteiger partial charge in [0.2, 0.25) is 0 Å². The summed E-state index contributed by atoms with van der Waals surface area (Å²) in [4.78, 5) is 6.59. The second-order valence-electron chi connectivity index (χ2n) is 11.9. The predicted molar refractivity (Wildman–Crippen MR) is 171 cm³/mol. The molecule has 3 aromatic rings. The Bertz CT molecular complexity index is 1260. The number of hydrogen-bond donors (Lipinski definition) is 2. The SMILES string of the molecule is CC(C)(C)P(CC1=CC(=C2C=CC=C[CH-]2)C=C1C(P)(c1cc[nH]c1)c1cc[nH]c1)C(C)(C)C.[Fe+2].c1cc[cH-]c1. The van der Waals surface area contributed by atoms with Crippen molar-refractivity contribution in [3.8, 4) is 0 Å². The molecule has 2 aromatic heterocycles. The molecule has 0 saturated heterocycles. The van der Waals surface area contributed by atoms with E-state index in [2.05, 4.69) is 128 Å². The Morgan fingerprint density at radius 1 is 0.846 bits per heavy atom. The van der Waals surface area contributed by atoms with Crippen LogP contribution in [0, 0.1) is 6.42 Å². The first-order chi connectivity index (χ1) is 18.0. The standard InChI is InChI=1S/C29H37N2P2.C5H5.Fe/c1-27(2,3)33(28(4,5)6)20-23-16-22(21-10-8-7-9-11-21)17-26(23)29(32,24-12-14-30-18-24)25-13-15-31-19-25;1-2-4-5-3-1;/h7-19,30-31H,20,32H2,1-6H3;1-5H;/q2*-1;+2. The van der Waals surface area contributed by atoms with Crippen molar-refractivity contribution in [1.82, 2.24) is 9.97 Å². The van der Waals surface area contributed by atoms with Crippen molar-refractivity contribution in [2.75, 3.05) is 6.16 Å². The summed E-state index contributed by atoms with van der Waals surface area (Å²) >= 11 is 0. The zero-order chi connectivity index (χ0) is 27.4. The number of allylic oxidation sites excluding steroid dienone is 10. The minimum Gasteiger partial charge on any atom is -0.367 e. The number of hydrogen-bond acceptors (Lipinski definition) is 0. The molecule has 2 nitrogen and oxygen atoms in total. The van der Waals surface area contributed by atoms with E-state index in [1.807, 2.05) is 42.7 Å². The topological polar surface area (TPSA) is 31.6 Å². The molecule has 39 heavy (non-hydrogen) atoms. The van der Waals surface area contributed by atoms with Crippen LogP contribution in [0.15, 0.2) is 126 Å². The molecule has 0 saturated carbocycles. The second kappa shape index (κ2) is 13.0. The fourth-order valence-electron chi connectivity index (χ4n) is 5.44. The Hall–Kier alpha value is -2.14. The van der Waals surface area contributed by atoms with Gasteiger partial charge in [0.25, 0.3) is 0 Å². The van der Waals surface area contributed by atoms with Gasteiger partial charge in [0.05, 0.1) is 5.16 Å². The van der Waals surface area contributed by atoms with Crippen molar-refractivity contribution in [3.05, 3.63) is 144 Å². The third kappa shape index (κ3) is 7.34. The van der Waals surface area contributed by atoms with Crippen molar-refractivity contribution >= 4 is 17.2 Å². The van der Waals surface area contributed by atoms with Gasteiger partial charge in [0.15, 0.2) is 0 Å². The summed E-state index contributed by atoms with van der Waals surface area (Å²) in [5, 5.41) is 0.209. The molecule has 2 heterocycles. The van der Waals surface area contributed by atoms with Gasteiger partial charge >= 0.3 is 17.1 Å². The largest absolute Gasteiger partial charge is 2.00 e. The van der Waals surface area contributed by atoms with Gasteiger partial charge < -0.3 is 9.97 Å². The first kappa shape index (κ1) is 31.4. The van der Waals surface area contributed by atoms with Crippen LogP contribution in [0.4, 0.5) is 0 Å². The number of H-pyrrole nitrogens is 2. The molecule has 2 aliphatic carbocycles. The molecule has 1 unspecified atom stereocenters. The van der Waals surface area contributed by atoms with Gasteiger partial charge in [-0.05, 0) is 50.9 Å². The molecule has 206 valence electrons. The van der Waals surface area contributed by atoms with E-state index in [9.17, 15) is 0 Å². The van der Waals surface area contributed by atoms with Crippen LogP contribution in [-0.2, 0) is 22.2 Å². The van der Waals surface area contributed by atoms with Crippen LogP contribution in [0.25, 0.3) is 0 Å². The van der Waals surface area contributed by atoms with Crippen LogP contribution in [0.3, 0.4) is 0 Å². The molecule has 2 aliphatic rings. The molecule has 0 bridgehead atoms. The van der Waals surface area contributed by atoms with Crippen molar-refractivity contribution in [2.45, 2.75) is 57.0 Å². The summed E-state index contributed by atoms with van der Waals surface area (Å²) < 4.78 is 0. The first-order valence-corrected chi connectivity index (χ1v) is 15.5. The van der Waals surface area contributed by atoms with E-state index in [0.29, 0.717) is 0 Å². The average Bonchev–Trinajstić information content (AvgIpc) is 3.70. The third-order valence-electron chi connectivity index (χ3n) is 7.12. The van der Waals surface area contributed by atoms with Crippen molar-refractivity contribution in [2.24, 2.45) is 0 Å². The van der Waals surface area contributed by atoms with Gasteiger partial charge in [-0.1, -0.05) is 67.2 Å². The Balaban J connectivity index is 0.000000630. The molecule has 5 heteroatoms. The fourth-order valence-corrected chi connectivity index (χ4v) is 9.63. The van der Waals surface area contributed by atoms with E-state index in [0.717, 1.165) is 6.16 Å². The van der Waals surface area contributed by atoms with E-state index in [-0.39, 0.29) is 40.5 Å². The van der Waals surface area contributed by atoms with E-state index >= 15 is 0 Å². The summed E-state index contributed by atoms with van der Waals surface area (Å²) in [5.74, 6) is 0. The first-order valence-electron chi connectivity index (χ1n) is 13.4. The number of rotatable bonds is 5. The maximum atomic E-state index is 3.29. The molecule has 5 rings (SSSR count). The molecule has 1 atom stereocenters.